The molecule has 9 heteroatoms. The van der Waals surface area contributed by atoms with E-state index in [9.17, 15) is 14.4 Å². The fourth-order valence-electron chi connectivity index (χ4n) is 2.17. The molecule has 1 aromatic carbocycles. The largest absolute Gasteiger partial charge is 0.478 e. The van der Waals surface area contributed by atoms with Gasteiger partial charge in [-0.25, -0.2) is 0 Å². The molecule has 1 aliphatic heterocycles. The van der Waals surface area contributed by atoms with Gasteiger partial charge in [-0.15, -0.1) is 6.42 Å². The van der Waals surface area contributed by atoms with Gasteiger partial charge in [-0.3, -0.25) is 19.3 Å². The van der Waals surface area contributed by atoms with Gasteiger partial charge in [0, 0.05) is 6.54 Å². The van der Waals surface area contributed by atoms with Gasteiger partial charge in [-0.2, -0.15) is 0 Å². The summed E-state index contributed by atoms with van der Waals surface area (Å²) in [5.74, 6) is 1.62. The van der Waals surface area contributed by atoms with E-state index in [1.807, 2.05) is 6.92 Å². The van der Waals surface area contributed by atoms with E-state index in [0.29, 0.717) is 12.1 Å². The van der Waals surface area contributed by atoms with Crippen LogP contribution in [0, 0.1) is 12.3 Å². The molecule has 142 valence electrons. The van der Waals surface area contributed by atoms with Gasteiger partial charge >= 0.3 is 0 Å². The number of imide groups is 1. The number of carbonyl (C=O) groups is 3. The summed E-state index contributed by atoms with van der Waals surface area (Å²) in [5, 5.41) is 2.56. The molecule has 1 aromatic rings. The average Bonchev–Trinajstić information content (AvgIpc) is 2.86. The number of thioether (sulfide) groups is 1. The van der Waals surface area contributed by atoms with Crippen LogP contribution in [0.15, 0.2) is 17.0 Å². The van der Waals surface area contributed by atoms with Gasteiger partial charge in [-0.05, 0) is 42.0 Å². The van der Waals surface area contributed by atoms with Gasteiger partial charge < -0.3 is 10.1 Å². The Labute approximate surface area is 171 Å². The Morgan fingerprint density at radius 1 is 1.37 bits per heavy atom. The Balaban J connectivity index is 2.18. The highest BCUT2D eigenvalue weighted by atomic mass is 35.5. The molecule has 0 aliphatic carbocycles. The highest BCUT2D eigenvalue weighted by molar-refractivity contribution is 8.18. The maximum atomic E-state index is 12.4. The lowest BCUT2D eigenvalue weighted by molar-refractivity contribution is -0.129. The minimum atomic E-state index is -0.545. The molecule has 1 heterocycles. The molecule has 6 nitrogen and oxygen atoms in total. The Kier molecular flexibility index (Phi) is 7.60. The molecule has 1 saturated heterocycles. The Bertz CT molecular complexity index is 825. The summed E-state index contributed by atoms with van der Waals surface area (Å²) in [4.78, 5) is 37.3. The van der Waals surface area contributed by atoms with Crippen LogP contribution in [0.4, 0.5) is 4.79 Å². The van der Waals surface area contributed by atoms with Gasteiger partial charge in [0.25, 0.3) is 11.1 Å². The Morgan fingerprint density at radius 3 is 2.63 bits per heavy atom. The summed E-state index contributed by atoms with van der Waals surface area (Å²) in [6, 6.07) is 3.09. The smallest absolute Gasteiger partial charge is 0.294 e. The van der Waals surface area contributed by atoms with Crippen molar-refractivity contribution in [3.05, 3.63) is 32.6 Å². The fraction of sp³-hybridized carbons (Fsp3) is 0.278. The number of nitrogens with zero attached hydrogens (tertiary/aromatic N) is 1. The molecule has 27 heavy (non-hydrogen) atoms. The first-order valence-corrected chi connectivity index (χ1v) is 9.52. The standard InChI is InChI=1S/C18H16Cl2N2O4S/c1-3-5-21-15(23)10-22-17(24)14(27-18(22)25)9-11-7-12(19)16(13(20)8-11)26-6-4-2/h2,7-9H,3,5-6,10H2,1H3,(H,21,23)/b14-9-. The van der Waals surface area contributed by atoms with Crippen LogP contribution in [0.25, 0.3) is 6.08 Å². The average molecular weight is 427 g/mol. The molecule has 0 aromatic heterocycles. The SMILES string of the molecule is C#CCOc1c(Cl)cc(/C=C2\SC(=O)N(CC(=O)NCCC)C2=O)cc1Cl. The number of terminal acetylenes is 1. The molecular weight excluding hydrogens is 411 g/mol. The predicted octanol–water partition coefficient (Wildman–Crippen LogP) is 3.57. The lowest BCUT2D eigenvalue weighted by Crippen LogP contribution is -2.39. The molecule has 0 saturated carbocycles. The predicted molar refractivity (Wildman–Crippen MR) is 107 cm³/mol. The summed E-state index contributed by atoms with van der Waals surface area (Å²) in [5.41, 5.74) is 0.513. The lowest BCUT2D eigenvalue weighted by Gasteiger charge is -2.12. The molecule has 3 amide bonds. The molecule has 1 aliphatic rings. The van der Waals surface area contributed by atoms with E-state index < -0.39 is 11.1 Å². The topological polar surface area (TPSA) is 75.7 Å². The summed E-state index contributed by atoms with van der Waals surface area (Å²) in [7, 11) is 0. The number of benzene rings is 1. The van der Waals surface area contributed by atoms with E-state index in [1.165, 1.54) is 6.08 Å². The van der Waals surface area contributed by atoms with Crippen molar-refractivity contribution in [1.82, 2.24) is 10.2 Å². The Morgan fingerprint density at radius 2 is 2.04 bits per heavy atom. The van der Waals surface area contributed by atoms with Crippen molar-refractivity contribution in [2.24, 2.45) is 0 Å². The molecule has 2 rings (SSSR count). The van der Waals surface area contributed by atoms with Crippen molar-refractivity contribution in [1.29, 1.82) is 0 Å². The number of amides is 3. The van der Waals surface area contributed by atoms with Gasteiger partial charge in [0.05, 0.1) is 15.0 Å². The van der Waals surface area contributed by atoms with Gasteiger partial charge in [0.2, 0.25) is 5.91 Å². The number of halogens is 2. The normalized spacial score (nSPS) is 15.2. The first-order chi connectivity index (χ1) is 12.9. The molecule has 0 spiro atoms. The number of hydrogen-bond acceptors (Lipinski definition) is 5. The molecular formula is C18H16Cl2N2O4S. The second-order valence-electron chi connectivity index (χ2n) is 5.42. The third-order valence-corrected chi connectivity index (χ3v) is 4.83. The molecule has 0 unspecified atom stereocenters. The molecule has 0 atom stereocenters. The maximum absolute atomic E-state index is 12.4. The zero-order valence-electron chi connectivity index (χ0n) is 14.4. The van der Waals surface area contributed by atoms with Crippen molar-refractivity contribution in [3.63, 3.8) is 0 Å². The minimum absolute atomic E-state index is 0.0117. The third kappa shape index (κ3) is 5.42. The first kappa shape index (κ1) is 21.2. The summed E-state index contributed by atoms with van der Waals surface area (Å²) < 4.78 is 5.27. The van der Waals surface area contributed by atoms with Crippen molar-refractivity contribution in [2.45, 2.75) is 13.3 Å². The van der Waals surface area contributed by atoms with Crippen LogP contribution in [0.5, 0.6) is 5.75 Å². The maximum Gasteiger partial charge on any atom is 0.294 e. The van der Waals surface area contributed by atoms with Crippen molar-refractivity contribution < 1.29 is 19.1 Å². The molecule has 1 N–H and O–H groups in total. The number of hydrogen-bond donors (Lipinski definition) is 1. The van der Waals surface area contributed by atoms with Crippen LogP contribution < -0.4 is 10.1 Å². The minimum Gasteiger partial charge on any atom is -0.478 e. The summed E-state index contributed by atoms with van der Waals surface area (Å²) in [6.07, 6.45) is 7.39. The van der Waals surface area contributed by atoms with E-state index in [-0.39, 0.29) is 39.8 Å². The van der Waals surface area contributed by atoms with E-state index in [4.69, 9.17) is 34.4 Å². The van der Waals surface area contributed by atoms with E-state index in [0.717, 1.165) is 23.1 Å². The lowest BCUT2D eigenvalue weighted by atomic mass is 10.2. The fourth-order valence-corrected chi connectivity index (χ4v) is 3.62. The van der Waals surface area contributed by atoms with Crippen LogP contribution in [-0.4, -0.2) is 41.6 Å². The molecule has 0 bridgehead atoms. The van der Waals surface area contributed by atoms with Gasteiger partial charge in [0.15, 0.2) is 5.75 Å². The van der Waals surface area contributed by atoms with Crippen LogP contribution in [0.3, 0.4) is 0 Å². The third-order valence-electron chi connectivity index (χ3n) is 3.37. The zero-order valence-corrected chi connectivity index (χ0v) is 16.7. The van der Waals surface area contributed by atoms with Gasteiger partial charge in [-0.1, -0.05) is 36.0 Å². The monoisotopic (exact) mass is 426 g/mol. The van der Waals surface area contributed by atoms with E-state index in [2.05, 4.69) is 11.2 Å². The van der Waals surface area contributed by atoms with E-state index >= 15 is 0 Å². The number of rotatable bonds is 7. The van der Waals surface area contributed by atoms with Crippen LogP contribution in [0.1, 0.15) is 18.9 Å². The molecule has 0 radical (unpaired) electrons. The number of nitrogens with one attached hydrogen (secondary N) is 1. The summed E-state index contributed by atoms with van der Waals surface area (Å²) >= 11 is 13.0. The number of ether oxygens (including phenoxy) is 1. The zero-order chi connectivity index (χ0) is 20.0. The second kappa shape index (κ2) is 9.70. The highest BCUT2D eigenvalue weighted by Crippen LogP contribution is 2.37. The van der Waals surface area contributed by atoms with E-state index in [1.54, 1.807) is 12.1 Å². The quantitative estimate of drug-likeness (QED) is 0.532. The van der Waals surface area contributed by atoms with Crippen molar-refractivity contribution in [2.75, 3.05) is 19.7 Å². The van der Waals surface area contributed by atoms with Crippen LogP contribution in [-0.2, 0) is 9.59 Å². The van der Waals surface area contributed by atoms with Crippen molar-refractivity contribution in [3.8, 4) is 18.1 Å². The Hall–Kier alpha value is -2.14. The van der Waals surface area contributed by atoms with Crippen LogP contribution in [0.2, 0.25) is 10.0 Å². The molecule has 1 fully saturated rings. The van der Waals surface area contributed by atoms with Crippen LogP contribution >= 0.6 is 35.0 Å². The second-order valence-corrected chi connectivity index (χ2v) is 7.23. The van der Waals surface area contributed by atoms with Gasteiger partial charge in [0.1, 0.15) is 13.2 Å². The number of carbonyl (C=O) groups excluding carboxylic acids is 3. The first-order valence-electron chi connectivity index (χ1n) is 7.94. The summed E-state index contributed by atoms with van der Waals surface area (Å²) in [6.45, 7) is 2.08. The highest BCUT2D eigenvalue weighted by Gasteiger charge is 2.36. The van der Waals surface area contributed by atoms with Crippen molar-refractivity contribution >= 4 is 58.1 Å².